The first kappa shape index (κ1) is 12.2. The van der Waals surface area contributed by atoms with E-state index < -0.39 is 0 Å². The molecule has 90 valence electrons. The van der Waals surface area contributed by atoms with Gasteiger partial charge in [0, 0.05) is 6.20 Å². The van der Waals surface area contributed by atoms with E-state index in [0.717, 1.165) is 5.56 Å². The Kier molecular flexibility index (Phi) is 3.35. The number of pyridine rings is 1. The summed E-state index contributed by atoms with van der Waals surface area (Å²) in [6, 6.07) is 8.86. The van der Waals surface area contributed by atoms with Gasteiger partial charge in [-0.25, -0.2) is 4.98 Å². The largest absolute Gasteiger partial charge is 0.396 e. The van der Waals surface area contributed by atoms with Crippen molar-refractivity contribution in [2.75, 3.05) is 11.1 Å². The molecule has 1 aromatic heterocycles. The van der Waals surface area contributed by atoms with E-state index in [1.54, 1.807) is 24.4 Å². The molecule has 0 aliphatic rings. The number of halogens is 1. The normalized spacial score (nSPS) is 9.83. The maximum atomic E-state index is 8.86. The Morgan fingerprint density at radius 2 is 2.17 bits per heavy atom. The highest BCUT2D eigenvalue weighted by atomic mass is 35.5. The van der Waals surface area contributed by atoms with Crippen molar-refractivity contribution in [1.29, 1.82) is 5.26 Å². The molecule has 0 saturated carbocycles. The Balaban J connectivity index is 2.40. The fraction of sp³-hybridized carbons (Fsp3) is 0.0769. The van der Waals surface area contributed by atoms with E-state index in [1.807, 2.05) is 13.0 Å². The third kappa shape index (κ3) is 2.36. The van der Waals surface area contributed by atoms with Gasteiger partial charge in [-0.1, -0.05) is 11.6 Å². The van der Waals surface area contributed by atoms with Crippen LogP contribution in [0.4, 0.5) is 17.2 Å². The van der Waals surface area contributed by atoms with Gasteiger partial charge < -0.3 is 11.1 Å². The van der Waals surface area contributed by atoms with E-state index in [2.05, 4.69) is 16.4 Å². The summed E-state index contributed by atoms with van der Waals surface area (Å²) in [6.45, 7) is 1.90. The first-order valence-electron chi connectivity index (χ1n) is 5.29. The third-order valence-corrected chi connectivity index (χ3v) is 2.89. The average Bonchev–Trinajstić information content (AvgIpc) is 2.37. The second-order valence-corrected chi connectivity index (χ2v) is 4.23. The standard InChI is InChI=1S/C13H11ClN4/c1-8-4-5-17-13(12(8)16)18-11-6-9(7-15)2-3-10(11)14/h2-6H,16H2,1H3,(H,17,18). The number of aromatic nitrogens is 1. The van der Waals surface area contributed by atoms with Gasteiger partial charge in [-0.15, -0.1) is 0 Å². The summed E-state index contributed by atoms with van der Waals surface area (Å²) in [5.41, 5.74) is 8.55. The van der Waals surface area contributed by atoms with Gasteiger partial charge in [-0.3, -0.25) is 0 Å². The van der Waals surface area contributed by atoms with Crippen LogP contribution in [0.25, 0.3) is 0 Å². The first-order chi connectivity index (χ1) is 8.61. The minimum absolute atomic E-state index is 0.511. The number of aryl methyl sites for hydroxylation is 1. The van der Waals surface area contributed by atoms with Gasteiger partial charge in [0.1, 0.15) is 0 Å². The number of anilines is 3. The Morgan fingerprint density at radius 1 is 1.39 bits per heavy atom. The molecule has 3 N–H and O–H groups in total. The molecule has 0 unspecified atom stereocenters. The molecule has 0 bridgehead atoms. The minimum atomic E-state index is 0.511. The Bertz CT molecular complexity index is 631. The lowest BCUT2D eigenvalue weighted by Gasteiger charge is -2.11. The van der Waals surface area contributed by atoms with E-state index in [-0.39, 0.29) is 0 Å². The van der Waals surface area contributed by atoms with Crippen molar-refractivity contribution in [2.45, 2.75) is 6.92 Å². The van der Waals surface area contributed by atoms with Crippen molar-refractivity contribution < 1.29 is 0 Å². The van der Waals surface area contributed by atoms with Gasteiger partial charge in [0.2, 0.25) is 0 Å². The van der Waals surface area contributed by atoms with Crippen LogP contribution in [0.5, 0.6) is 0 Å². The highest BCUT2D eigenvalue weighted by Gasteiger charge is 2.07. The molecular weight excluding hydrogens is 248 g/mol. The lowest BCUT2D eigenvalue weighted by atomic mass is 10.2. The van der Waals surface area contributed by atoms with Crippen LogP contribution in [0, 0.1) is 18.3 Å². The fourth-order valence-electron chi connectivity index (χ4n) is 1.49. The average molecular weight is 259 g/mol. The lowest BCUT2D eigenvalue weighted by molar-refractivity contribution is 1.28. The van der Waals surface area contributed by atoms with Crippen molar-refractivity contribution in [1.82, 2.24) is 4.98 Å². The van der Waals surface area contributed by atoms with Crippen molar-refractivity contribution in [3.63, 3.8) is 0 Å². The topological polar surface area (TPSA) is 74.7 Å². The van der Waals surface area contributed by atoms with Crippen molar-refractivity contribution >= 4 is 28.8 Å². The Labute approximate surface area is 110 Å². The SMILES string of the molecule is Cc1ccnc(Nc2cc(C#N)ccc2Cl)c1N. The molecule has 2 aromatic rings. The van der Waals surface area contributed by atoms with Crippen LogP contribution in [0.2, 0.25) is 5.02 Å². The molecule has 2 rings (SSSR count). The smallest absolute Gasteiger partial charge is 0.153 e. The van der Waals surface area contributed by atoms with Gasteiger partial charge in [-0.05, 0) is 36.8 Å². The highest BCUT2D eigenvalue weighted by Crippen LogP contribution is 2.28. The number of nitrogens with zero attached hydrogens (tertiary/aromatic N) is 2. The van der Waals surface area contributed by atoms with E-state index in [9.17, 15) is 0 Å². The van der Waals surface area contributed by atoms with E-state index in [1.165, 1.54) is 0 Å². The second-order valence-electron chi connectivity index (χ2n) is 3.82. The molecule has 0 saturated heterocycles. The summed E-state index contributed by atoms with van der Waals surface area (Å²) in [5, 5.41) is 12.4. The van der Waals surface area contributed by atoms with Gasteiger partial charge >= 0.3 is 0 Å². The maximum Gasteiger partial charge on any atom is 0.153 e. The number of nitrogen functional groups attached to an aromatic ring is 1. The summed E-state index contributed by atoms with van der Waals surface area (Å²) in [7, 11) is 0. The molecule has 1 aromatic carbocycles. The third-order valence-electron chi connectivity index (χ3n) is 2.56. The van der Waals surface area contributed by atoms with Crippen LogP contribution >= 0.6 is 11.6 Å². The number of rotatable bonds is 2. The summed E-state index contributed by atoms with van der Waals surface area (Å²) in [6.07, 6.45) is 1.66. The molecule has 0 fully saturated rings. The molecule has 18 heavy (non-hydrogen) atoms. The predicted molar refractivity (Wildman–Crippen MR) is 72.8 cm³/mol. The molecular formula is C13H11ClN4. The molecule has 1 heterocycles. The quantitative estimate of drug-likeness (QED) is 0.867. The lowest BCUT2D eigenvalue weighted by Crippen LogP contribution is -2.01. The fourth-order valence-corrected chi connectivity index (χ4v) is 1.65. The zero-order chi connectivity index (χ0) is 13.1. The zero-order valence-electron chi connectivity index (χ0n) is 9.74. The van der Waals surface area contributed by atoms with Crippen LogP contribution in [-0.4, -0.2) is 4.98 Å². The molecule has 5 heteroatoms. The number of hydrogen-bond donors (Lipinski definition) is 2. The number of nitriles is 1. The molecule has 0 atom stereocenters. The van der Waals surface area contributed by atoms with Crippen molar-refractivity contribution in [3.8, 4) is 6.07 Å². The Hall–Kier alpha value is -2.25. The zero-order valence-corrected chi connectivity index (χ0v) is 10.5. The van der Waals surface area contributed by atoms with Gasteiger partial charge in [0.05, 0.1) is 28.0 Å². The van der Waals surface area contributed by atoms with Crippen LogP contribution in [-0.2, 0) is 0 Å². The monoisotopic (exact) mass is 258 g/mol. The minimum Gasteiger partial charge on any atom is -0.396 e. The predicted octanol–water partition coefficient (Wildman–Crippen LogP) is 3.24. The van der Waals surface area contributed by atoms with Crippen LogP contribution < -0.4 is 11.1 Å². The molecule has 0 aliphatic carbocycles. The second kappa shape index (κ2) is 4.94. The summed E-state index contributed by atoms with van der Waals surface area (Å²) in [4.78, 5) is 4.15. The van der Waals surface area contributed by atoms with Crippen molar-refractivity contribution in [3.05, 3.63) is 46.6 Å². The number of nitrogens with one attached hydrogen (secondary N) is 1. The van der Waals surface area contributed by atoms with E-state index in [0.29, 0.717) is 27.8 Å². The van der Waals surface area contributed by atoms with E-state index >= 15 is 0 Å². The maximum absolute atomic E-state index is 8.86. The van der Waals surface area contributed by atoms with Crippen LogP contribution in [0.15, 0.2) is 30.5 Å². The molecule has 4 nitrogen and oxygen atoms in total. The molecule has 0 spiro atoms. The van der Waals surface area contributed by atoms with Gasteiger partial charge in [0.25, 0.3) is 0 Å². The highest BCUT2D eigenvalue weighted by molar-refractivity contribution is 6.33. The molecule has 0 amide bonds. The first-order valence-corrected chi connectivity index (χ1v) is 5.67. The van der Waals surface area contributed by atoms with Crippen LogP contribution in [0.3, 0.4) is 0 Å². The molecule has 0 radical (unpaired) electrons. The summed E-state index contributed by atoms with van der Waals surface area (Å²) < 4.78 is 0. The number of hydrogen-bond acceptors (Lipinski definition) is 4. The number of benzene rings is 1. The van der Waals surface area contributed by atoms with Gasteiger partial charge in [-0.2, -0.15) is 5.26 Å². The number of nitrogens with two attached hydrogens (primary N) is 1. The Morgan fingerprint density at radius 3 is 2.89 bits per heavy atom. The van der Waals surface area contributed by atoms with Crippen molar-refractivity contribution in [2.24, 2.45) is 0 Å². The van der Waals surface area contributed by atoms with Crippen LogP contribution in [0.1, 0.15) is 11.1 Å². The van der Waals surface area contributed by atoms with Gasteiger partial charge in [0.15, 0.2) is 5.82 Å². The summed E-state index contributed by atoms with van der Waals surface area (Å²) in [5.74, 6) is 0.534. The molecule has 0 aliphatic heterocycles. The van der Waals surface area contributed by atoms with E-state index in [4.69, 9.17) is 22.6 Å². The summed E-state index contributed by atoms with van der Waals surface area (Å²) >= 11 is 6.05.